The highest BCUT2D eigenvalue weighted by atomic mass is 35.5. The molecule has 0 amide bonds. The summed E-state index contributed by atoms with van der Waals surface area (Å²) in [7, 11) is 0. The molecule has 3 rings (SSSR count). The molecule has 20 heavy (non-hydrogen) atoms. The Morgan fingerprint density at radius 2 is 2.20 bits per heavy atom. The number of para-hydroxylation sites is 1. The van der Waals surface area contributed by atoms with Crippen LogP contribution in [0.15, 0.2) is 30.5 Å². The molecular weight excluding hydrogens is 274 g/mol. The van der Waals surface area contributed by atoms with Gasteiger partial charge in [0.2, 0.25) is 0 Å². The van der Waals surface area contributed by atoms with Gasteiger partial charge in [-0.15, -0.1) is 0 Å². The molecule has 0 bridgehead atoms. The quantitative estimate of drug-likeness (QED) is 0.940. The molecule has 1 aromatic heterocycles. The van der Waals surface area contributed by atoms with Gasteiger partial charge in [-0.2, -0.15) is 5.10 Å². The van der Waals surface area contributed by atoms with E-state index in [1.807, 2.05) is 31.2 Å². The van der Waals surface area contributed by atoms with E-state index in [4.69, 9.17) is 16.3 Å². The lowest BCUT2D eigenvalue weighted by molar-refractivity contribution is 0.340. The maximum Gasteiger partial charge on any atom is 0.168 e. The van der Waals surface area contributed by atoms with Crippen molar-refractivity contribution in [1.82, 2.24) is 15.1 Å². The van der Waals surface area contributed by atoms with E-state index >= 15 is 0 Å². The highest BCUT2D eigenvalue weighted by molar-refractivity contribution is 6.32. The average molecular weight is 292 g/mol. The smallest absolute Gasteiger partial charge is 0.168 e. The Labute approximate surface area is 123 Å². The van der Waals surface area contributed by atoms with Crippen molar-refractivity contribution in [3.05, 3.63) is 41.2 Å². The van der Waals surface area contributed by atoms with Crippen LogP contribution in [-0.4, -0.2) is 22.9 Å². The van der Waals surface area contributed by atoms with Crippen LogP contribution in [0.5, 0.6) is 11.5 Å². The Hall–Kier alpha value is -1.52. The summed E-state index contributed by atoms with van der Waals surface area (Å²) < 4.78 is 7.93. The van der Waals surface area contributed by atoms with Gasteiger partial charge in [-0.05, 0) is 38.4 Å². The highest BCUT2D eigenvalue weighted by Gasteiger charge is 2.19. The molecule has 1 atom stereocenters. The van der Waals surface area contributed by atoms with E-state index in [-0.39, 0.29) is 0 Å². The van der Waals surface area contributed by atoms with Gasteiger partial charge < -0.3 is 10.1 Å². The minimum atomic E-state index is 0.410. The van der Waals surface area contributed by atoms with Gasteiger partial charge in [-0.1, -0.05) is 23.7 Å². The normalized spacial score (nSPS) is 19.0. The predicted octanol–water partition coefficient (Wildman–Crippen LogP) is 3.56. The summed E-state index contributed by atoms with van der Waals surface area (Å²) in [4.78, 5) is 0. The Balaban J connectivity index is 1.81. The molecule has 5 heteroatoms. The summed E-state index contributed by atoms with van der Waals surface area (Å²) in [6, 6.07) is 7.89. The second-order valence-corrected chi connectivity index (χ2v) is 5.48. The minimum Gasteiger partial charge on any atom is -0.452 e. The van der Waals surface area contributed by atoms with Crippen molar-refractivity contribution in [3.8, 4) is 11.5 Å². The van der Waals surface area contributed by atoms with E-state index in [9.17, 15) is 0 Å². The van der Waals surface area contributed by atoms with Crippen LogP contribution in [0.3, 0.4) is 0 Å². The van der Waals surface area contributed by atoms with Crippen LogP contribution in [0.4, 0.5) is 0 Å². The Morgan fingerprint density at radius 1 is 1.35 bits per heavy atom. The first-order valence-corrected chi connectivity index (χ1v) is 7.30. The molecule has 0 spiro atoms. The number of nitrogens with zero attached hydrogens (tertiary/aromatic N) is 2. The summed E-state index contributed by atoms with van der Waals surface area (Å²) in [6.45, 7) is 4.10. The molecule has 106 valence electrons. The number of ether oxygens (including phenoxy) is 1. The van der Waals surface area contributed by atoms with Crippen LogP contribution in [0.25, 0.3) is 0 Å². The number of nitrogens with one attached hydrogen (secondary N) is 1. The third-order valence-corrected chi connectivity index (χ3v) is 3.99. The van der Waals surface area contributed by atoms with Crippen LogP contribution < -0.4 is 10.1 Å². The van der Waals surface area contributed by atoms with Crippen molar-refractivity contribution in [2.45, 2.75) is 25.8 Å². The van der Waals surface area contributed by atoms with Crippen molar-refractivity contribution < 1.29 is 4.74 Å². The molecule has 0 aliphatic carbocycles. The van der Waals surface area contributed by atoms with Gasteiger partial charge in [-0.3, -0.25) is 4.68 Å². The lowest BCUT2D eigenvalue weighted by Gasteiger charge is -2.24. The number of hydrogen-bond acceptors (Lipinski definition) is 3. The molecule has 4 nitrogen and oxygen atoms in total. The van der Waals surface area contributed by atoms with Gasteiger partial charge in [0.1, 0.15) is 5.75 Å². The first-order valence-electron chi connectivity index (χ1n) is 6.93. The fraction of sp³-hybridized carbons (Fsp3) is 0.400. The maximum atomic E-state index is 6.12. The number of piperidine rings is 1. The fourth-order valence-electron chi connectivity index (χ4n) is 2.56. The summed E-state index contributed by atoms with van der Waals surface area (Å²) >= 11 is 6.12. The zero-order chi connectivity index (χ0) is 13.9. The van der Waals surface area contributed by atoms with E-state index in [0.717, 1.165) is 31.0 Å². The van der Waals surface area contributed by atoms with Crippen LogP contribution in [0.2, 0.25) is 5.02 Å². The van der Waals surface area contributed by atoms with E-state index in [0.29, 0.717) is 16.8 Å². The maximum absolute atomic E-state index is 6.12. The molecule has 1 fully saturated rings. The zero-order valence-electron chi connectivity index (χ0n) is 11.5. The second-order valence-electron chi connectivity index (χ2n) is 5.07. The van der Waals surface area contributed by atoms with Crippen molar-refractivity contribution in [3.63, 3.8) is 0 Å². The number of rotatable bonds is 3. The van der Waals surface area contributed by atoms with Crippen molar-refractivity contribution >= 4 is 11.6 Å². The SMILES string of the molecule is Cc1c(Oc2ccccc2Cl)cnn1C1CCCNC1. The first-order chi connectivity index (χ1) is 9.75. The number of halogens is 1. The monoisotopic (exact) mass is 291 g/mol. The largest absolute Gasteiger partial charge is 0.452 e. The molecule has 1 aromatic carbocycles. The van der Waals surface area contributed by atoms with E-state index < -0.39 is 0 Å². The van der Waals surface area contributed by atoms with E-state index in [1.165, 1.54) is 6.42 Å². The summed E-state index contributed by atoms with van der Waals surface area (Å²) in [5, 5.41) is 8.49. The van der Waals surface area contributed by atoms with Crippen molar-refractivity contribution in [2.75, 3.05) is 13.1 Å². The Bertz CT molecular complexity index is 591. The fourth-order valence-corrected chi connectivity index (χ4v) is 2.74. The first kappa shape index (κ1) is 13.5. The topological polar surface area (TPSA) is 39.1 Å². The van der Waals surface area contributed by atoms with Gasteiger partial charge in [0.15, 0.2) is 5.75 Å². The summed E-state index contributed by atoms with van der Waals surface area (Å²) in [5.74, 6) is 1.43. The average Bonchev–Trinajstić information content (AvgIpc) is 2.84. The van der Waals surface area contributed by atoms with Gasteiger partial charge in [0.25, 0.3) is 0 Å². The number of aromatic nitrogens is 2. The second kappa shape index (κ2) is 5.85. The van der Waals surface area contributed by atoms with Gasteiger partial charge >= 0.3 is 0 Å². The lowest BCUT2D eigenvalue weighted by atomic mass is 10.1. The summed E-state index contributed by atoms with van der Waals surface area (Å²) in [6.07, 6.45) is 4.11. The molecule has 1 aliphatic rings. The van der Waals surface area contributed by atoms with Gasteiger partial charge in [-0.25, -0.2) is 0 Å². The molecule has 2 heterocycles. The Morgan fingerprint density at radius 3 is 2.95 bits per heavy atom. The lowest BCUT2D eigenvalue weighted by Crippen LogP contribution is -2.32. The van der Waals surface area contributed by atoms with Crippen molar-refractivity contribution in [2.24, 2.45) is 0 Å². The standard InChI is InChI=1S/C15H18ClN3O/c1-11-15(20-14-7-3-2-6-13(14)16)10-18-19(11)12-5-4-8-17-9-12/h2-3,6-7,10,12,17H,4-5,8-9H2,1H3. The van der Waals surface area contributed by atoms with Crippen LogP contribution in [0, 0.1) is 6.92 Å². The minimum absolute atomic E-state index is 0.410. The molecule has 2 aromatic rings. The van der Waals surface area contributed by atoms with E-state index in [2.05, 4.69) is 15.1 Å². The highest BCUT2D eigenvalue weighted by Crippen LogP contribution is 2.32. The van der Waals surface area contributed by atoms with Gasteiger partial charge in [0.05, 0.1) is 23.0 Å². The molecule has 0 saturated carbocycles. The number of benzene rings is 1. The molecular formula is C15H18ClN3O. The van der Waals surface area contributed by atoms with Crippen LogP contribution in [0.1, 0.15) is 24.6 Å². The van der Waals surface area contributed by atoms with E-state index in [1.54, 1.807) is 6.20 Å². The summed E-state index contributed by atoms with van der Waals surface area (Å²) in [5.41, 5.74) is 1.04. The molecule has 1 saturated heterocycles. The molecule has 1 aliphatic heterocycles. The third-order valence-electron chi connectivity index (χ3n) is 3.67. The predicted molar refractivity (Wildman–Crippen MR) is 79.6 cm³/mol. The number of hydrogen-bond donors (Lipinski definition) is 1. The zero-order valence-corrected chi connectivity index (χ0v) is 12.2. The molecule has 0 radical (unpaired) electrons. The molecule has 1 N–H and O–H groups in total. The van der Waals surface area contributed by atoms with Crippen molar-refractivity contribution in [1.29, 1.82) is 0 Å². The Kier molecular flexibility index (Phi) is 3.94. The van der Waals surface area contributed by atoms with Crippen LogP contribution in [-0.2, 0) is 0 Å². The third kappa shape index (κ3) is 2.67. The molecule has 1 unspecified atom stereocenters. The van der Waals surface area contributed by atoms with Gasteiger partial charge in [0, 0.05) is 6.54 Å². The van der Waals surface area contributed by atoms with Crippen LogP contribution >= 0.6 is 11.6 Å².